The fraction of sp³-hybridized carbons (Fsp3) is 0.529. The van der Waals surface area contributed by atoms with Crippen LogP contribution in [0.4, 0.5) is 0 Å². The topological polar surface area (TPSA) is 60.2 Å². The highest BCUT2D eigenvalue weighted by Crippen LogP contribution is 2.17. The Labute approximate surface area is 127 Å². The van der Waals surface area contributed by atoms with E-state index >= 15 is 0 Å². The average Bonchev–Trinajstić information content (AvgIpc) is 2.54. The molecule has 1 aliphatic rings. The summed E-state index contributed by atoms with van der Waals surface area (Å²) in [6, 6.07) is 10.3. The molecule has 0 aliphatic heterocycles. The van der Waals surface area contributed by atoms with Crippen LogP contribution in [0.15, 0.2) is 29.3 Å². The van der Waals surface area contributed by atoms with Crippen LogP contribution in [0, 0.1) is 11.3 Å². The van der Waals surface area contributed by atoms with Gasteiger partial charge in [0, 0.05) is 12.6 Å². The Hall–Kier alpha value is -2.02. The van der Waals surface area contributed by atoms with Gasteiger partial charge in [-0.25, -0.2) is 4.99 Å². The Morgan fingerprint density at radius 1 is 1.24 bits per heavy atom. The van der Waals surface area contributed by atoms with Crippen LogP contribution in [0.3, 0.4) is 0 Å². The Balaban J connectivity index is 1.94. The van der Waals surface area contributed by atoms with Crippen molar-refractivity contribution < 1.29 is 0 Å². The summed E-state index contributed by atoms with van der Waals surface area (Å²) in [6.45, 7) is 3.58. The van der Waals surface area contributed by atoms with Crippen molar-refractivity contribution in [1.82, 2.24) is 10.6 Å². The van der Waals surface area contributed by atoms with Gasteiger partial charge in [-0.15, -0.1) is 0 Å². The van der Waals surface area contributed by atoms with E-state index in [0.717, 1.165) is 18.1 Å². The van der Waals surface area contributed by atoms with E-state index in [4.69, 9.17) is 5.26 Å². The molecule has 1 aromatic rings. The number of nitriles is 1. The van der Waals surface area contributed by atoms with Gasteiger partial charge in [-0.1, -0.05) is 31.4 Å². The predicted octanol–water partition coefficient (Wildman–Crippen LogP) is 2.95. The lowest BCUT2D eigenvalue weighted by Crippen LogP contribution is -2.44. The number of hydrogen-bond donors (Lipinski definition) is 2. The highest BCUT2D eigenvalue weighted by Gasteiger charge is 2.14. The van der Waals surface area contributed by atoms with Crippen molar-refractivity contribution >= 4 is 5.96 Å². The summed E-state index contributed by atoms with van der Waals surface area (Å²) in [6.07, 6.45) is 6.46. The first kappa shape index (κ1) is 15.4. The zero-order valence-electron chi connectivity index (χ0n) is 12.7. The summed E-state index contributed by atoms with van der Waals surface area (Å²) in [5.41, 5.74) is 1.81. The van der Waals surface area contributed by atoms with Gasteiger partial charge in [-0.2, -0.15) is 5.26 Å². The quantitative estimate of drug-likeness (QED) is 0.660. The van der Waals surface area contributed by atoms with Crippen LogP contribution in [0.1, 0.15) is 50.2 Å². The van der Waals surface area contributed by atoms with Gasteiger partial charge in [-0.05, 0) is 37.5 Å². The van der Waals surface area contributed by atoms with E-state index in [1.54, 1.807) is 0 Å². The summed E-state index contributed by atoms with van der Waals surface area (Å²) >= 11 is 0. The van der Waals surface area contributed by atoms with Crippen molar-refractivity contribution in [2.75, 3.05) is 6.54 Å². The van der Waals surface area contributed by atoms with Gasteiger partial charge < -0.3 is 10.6 Å². The highest BCUT2D eigenvalue weighted by atomic mass is 15.2. The van der Waals surface area contributed by atoms with Crippen molar-refractivity contribution in [3.8, 4) is 6.07 Å². The second-order valence-electron chi connectivity index (χ2n) is 5.48. The van der Waals surface area contributed by atoms with Crippen LogP contribution in [0.25, 0.3) is 0 Å². The molecule has 0 amide bonds. The standard InChI is InChI=1S/C17H24N4/c1-2-19-17(21-16-6-4-3-5-7-16)20-13-15-10-8-14(12-18)9-11-15/h8-11,16H,2-7,13H2,1H3,(H2,19,20,21). The Morgan fingerprint density at radius 2 is 1.95 bits per heavy atom. The van der Waals surface area contributed by atoms with Crippen LogP contribution >= 0.6 is 0 Å². The summed E-state index contributed by atoms with van der Waals surface area (Å²) in [5.74, 6) is 0.897. The second-order valence-corrected chi connectivity index (χ2v) is 5.48. The second kappa shape index (κ2) is 8.31. The van der Waals surface area contributed by atoms with E-state index in [2.05, 4.69) is 28.6 Å². The number of rotatable bonds is 4. The van der Waals surface area contributed by atoms with E-state index in [1.165, 1.54) is 32.1 Å². The lowest BCUT2D eigenvalue weighted by Gasteiger charge is -2.24. The minimum absolute atomic E-state index is 0.553. The van der Waals surface area contributed by atoms with Crippen LogP contribution in [0.2, 0.25) is 0 Å². The Morgan fingerprint density at radius 3 is 2.57 bits per heavy atom. The van der Waals surface area contributed by atoms with Gasteiger partial charge in [0.25, 0.3) is 0 Å². The van der Waals surface area contributed by atoms with E-state index in [1.807, 2.05) is 24.3 Å². The van der Waals surface area contributed by atoms with E-state index in [-0.39, 0.29) is 0 Å². The zero-order chi connectivity index (χ0) is 14.9. The largest absolute Gasteiger partial charge is 0.357 e. The monoisotopic (exact) mass is 284 g/mol. The third kappa shape index (κ3) is 5.11. The number of guanidine groups is 1. The molecule has 21 heavy (non-hydrogen) atoms. The number of hydrogen-bond acceptors (Lipinski definition) is 2. The molecule has 0 spiro atoms. The molecular weight excluding hydrogens is 260 g/mol. The van der Waals surface area contributed by atoms with Gasteiger partial charge >= 0.3 is 0 Å². The highest BCUT2D eigenvalue weighted by molar-refractivity contribution is 5.80. The molecule has 2 N–H and O–H groups in total. The number of nitrogens with one attached hydrogen (secondary N) is 2. The van der Waals surface area contributed by atoms with Crippen LogP contribution in [-0.2, 0) is 6.54 Å². The van der Waals surface area contributed by atoms with E-state index < -0.39 is 0 Å². The number of nitrogens with zero attached hydrogens (tertiary/aromatic N) is 2. The van der Waals surface area contributed by atoms with Gasteiger partial charge in [0.05, 0.1) is 18.2 Å². The molecule has 0 aromatic heterocycles. The van der Waals surface area contributed by atoms with Crippen molar-refractivity contribution in [3.63, 3.8) is 0 Å². The van der Waals surface area contributed by atoms with Crippen LogP contribution in [-0.4, -0.2) is 18.5 Å². The molecule has 0 saturated heterocycles. The molecule has 0 unspecified atom stereocenters. The van der Waals surface area contributed by atoms with Crippen LogP contribution < -0.4 is 10.6 Å². The normalized spacial score (nSPS) is 16.3. The molecular formula is C17H24N4. The summed E-state index contributed by atoms with van der Waals surface area (Å²) in [4.78, 5) is 4.64. The van der Waals surface area contributed by atoms with E-state index in [0.29, 0.717) is 18.2 Å². The molecule has 4 nitrogen and oxygen atoms in total. The fourth-order valence-electron chi connectivity index (χ4n) is 2.62. The number of benzene rings is 1. The third-order valence-corrected chi connectivity index (χ3v) is 3.79. The van der Waals surface area contributed by atoms with Gasteiger partial charge in [0.1, 0.15) is 0 Å². The lowest BCUT2D eigenvalue weighted by atomic mass is 9.96. The maximum absolute atomic E-state index is 8.80. The maximum Gasteiger partial charge on any atom is 0.191 e. The molecule has 112 valence electrons. The number of aliphatic imine (C=N–C) groups is 1. The molecule has 0 radical (unpaired) electrons. The molecule has 1 fully saturated rings. The Kier molecular flexibility index (Phi) is 6.08. The van der Waals surface area contributed by atoms with Crippen molar-refractivity contribution in [1.29, 1.82) is 5.26 Å². The molecule has 2 rings (SSSR count). The molecule has 1 aromatic carbocycles. The van der Waals surface area contributed by atoms with Crippen molar-refractivity contribution in [2.45, 2.75) is 51.6 Å². The minimum Gasteiger partial charge on any atom is -0.357 e. The van der Waals surface area contributed by atoms with E-state index in [9.17, 15) is 0 Å². The molecule has 0 bridgehead atoms. The molecule has 0 atom stereocenters. The maximum atomic E-state index is 8.80. The summed E-state index contributed by atoms with van der Waals surface area (Å²) in [7, 11) is 0. The molecule has 0 heterocycles. The molecule has 4 heteroatoms. The zero-order valence-corrected chi connectivity index (χ0v) is 12.7. The fourth-order valence-corrected chi connectivity index (χ4v) is 2.62. The van der Waals surface area contributed by atoms with Gasteiger partial charge in [0.2, 0.25) is 0 Å². The first-order valence-electron chi connectivity index (χ1n) is 7.85. The minimum atomic E-state index is 0.553. The first-order valence-corrected chi connectivity index (χ1v) is 7.85. The summed E-state index contributed by atoms with van der Waals surface area (Å²) in [5, 5.41) is 15.6. The lowest BCUT2D eigenvalue weighted by molar-refractivity contribution is 0.410. The Bertz CT molecular complexity index is 493. The van der Waals surface area contributed by atoms with Gasteiger partial charge in [0.15, 0.2) is 5.96 Å². The van der Waals surface area contributed by atoms with Crippen molar-refractivity contribution in [3.05, 3.63) is 35.4 Å². The summed E-state index contributed by atoms with van der Waals surface area (Å²) < 4.78 is 0. The molecule has 1 aliphatic carbocycles. The SMILES string of the molecule is CCNC(=NCc1ccc(C#N)cc1)NC1CCCCC1. The molecule has 1 saturated carbocycles. The van der Waals surface area contributed by atoms with Crippen molar-refractivity contribution in [2.24, 2.45) is 4.99 Å². The van der Waals surface area contributed by atoms with Gasteiger partial charge in [-0.3, -0.25) is 0 Å². The average molecular weight is 284 g/mol. The van der Waals surface area contributed by atoms with Crippen LogP contribution in [0.5, 0.6) is 0 Å². The third-order valence-electron chi connectivity index (χ3n) is 3.79. The predicted molar refractivity (Wildman–Crippen MR) is 86.0 cm³/mol. The first-order chi connectivity index (χ1) is 10.3. The smallest absolute Gasteiger partial charge is 0.191 e.